The highest BCUT2D eigenvalue weighted by molar-refractivity contribution is 7.11. The molecule has 39 heavy (non-hydrogen) atoms. The van der Waals surface area contributed by atoms with Gasteiger partial charge in [-0.2, -0.15) is 0 Å². The molecule has 0 radical (unpaired) electrons. The molecule has 0 aliphatic carbocycles. The maximum Gasteiger partial charge on any atom is 0.240 e. The third kappa shape index (κ3) is 4.16. The van der Waals surface area contributed by atoms with Crippen molar-refractivity contribution in [2.45, 2.75) is 41.5 Å². The molecule has 0 amide bonds. The first-order chi connectivity index (χ1) is 18.8. The standard InChI is InChI=1S/C36H36B2N/c1-23-18-19-34(39(7)22-23)29-21-33-32(20-28(29)6)37(35-24(2)12-10-13-25(35)3)30-16-8-9-17-31(30)38(33)36-26(4)14-11-15-27(36)5/h8-22H,1-7H3/q+1. The quantitative estimate of drug-likeness (QED) is 0.257. The second-order valence-electron chi connectivity index (χ2n) is 11.6. The number of nitrogens with zero attached hydrogens (tertiary/aromatic N) is 1. The van der Waals surface area contributed by atoms with Crippen molar-refractivity contribution in [3.8, 4) is 11.3 Å². The van der Waals surface area contributed by atoms with Crippen LogP contribution in [0.5, 0.6) is 0 Å². The van der Waals surface area contributed by atoms with Crippen LogP contribution in [0.4, 0.5) is 0 Å². The minimum atomic E-state index is 0.188. The Hall–Kier alpha value is -3.84. The van der Waals surface area contributed by atoms with Crippen LogP contribution in [0.3, 0.4) is 0 Å². The van der Waals surface area contributed by atoms with E-state index in [1.54, 1.807) is 0 Å². The lowest BCUT2D eigenvalue weighted by Crippen LogP contribution is -2.76. The van der Waals surface area contributed by atoms with Crippen molar-refractivity contribution >= 4 is 46.2 Å². The van der Waals surface area contributed by atoms with E-state index in [9.17, 15) is 0 Å². The van der Waals surface area contributed by atoms with Crippen LogP contribution in [0.15, 0.2) is 91.1 Å². The van der Waals surface area contributed by atoms with Crippen LogP contribution >= 0.6 is 0 Å². The van der Waals surface area contributed by atoms with Gasteiger partial charge in [-0.1, -0.05) is 128 Å². The minimum Gasteiger partial charge on any atom is -0.201 e. The molecule has 3 heteroatoms. The van der Waals surface area contributed by atoms with E-state index in [1.165, 1.54) is 77.4 Å². The van der Waals surface area contributed by atoms with Gasteiger partial charge in [-0.15, -0.1) is 0 Å². The molecule has 0 bridgehead atoms. The molecule has 0 saturated heterocycles. The normalized spacial score (nSPS) is 12.4. The highest BCUT2D eigenvalue weighted by Gasteiger charge is 2.41. The first kappa shape index (κ1) is 25.4. The average molecular weight is 504 g/mol. The lowest BCUT2D eigenvalue weighted by Gasteiger charge is -2.35. The van der Waals surface area contributed by atoms with Crippen molar-refractivity contribution in [1.82, 2.24) is 0 Å². The predicted octanol–water partition coefficient (Wildman–Crippen LogP) is 3.37. The van der Waals surface area contributed by atoms with Crippen molar-refractivity contribution in [2.24, 2.45) is 7.05 Å². The maximum absolute atomic E-state index is 2.52. The third-order valence-corrected chi connectivity index (χ3v) is 8.89. The average Bonchev–Trinajstić information content (AvgIpc) is 2.89. The summed E-state index contributed by atoms with van der Waals surface area (Å²) >= 11 is 0. The van der Waals surface area contributed by atoms with Gasteiger partial charge in [0.05, 0.1) is 0 Å². The number of rotatable bonds is 3. The largest absolute Gasteiger partial charge is 0.240 e. The van der Waals surface area contributed by atoms with Gasteiger partial charge in [0, 0.05) is 17.2 Å². The van der Waals surface area contributed by atoms with E-state index in [0.717, 1.165) is 0 Å². The predicted molar refractivity (Wildman–Crippen MR) is 170 cm³/mol. The molecule has 0 spiro atoms. The lowest BCUT2D eigenvalue weighted by molar-refractivity contribution is -0.660. The van der Waals surface area contributed by atoms with E-state index in [2.05, 4.69) is 144 Å². The van der Waals surface area contributed by atoms with Gasteiger partial charge in [0.15, 0.2) is 6.20 Å². The number of hydrogen-bond donors (Lipinski definition) is 0. The Kier molecular flexibility index (Phi) is 6.34. The van der Waals surface area contributed by atoms with Gasteiger partial charge in [-0.25, -0.2) is 4.57 Å². The van der Waals surface area contributed by atoms with Crippen LogP contribution in [0.1, 0.15) is 33.4 Å². The summed E-state index contributed by atoms with van der Waals surface area (Å²) in [7, 11) is 2.17. The van der Waals surface area contributed by atoms with Crippen LogP contribution in [0.25, 0.3) is 11.3 Å². The van der Waals surface area contributed by atoms with Crippen LogP contribution in [0, 0.1) is 41.5 Å². The summed E-state index contributed by atoms with van der Waals surface area (Å²) in [5.74, 6) is 0. The summed E-state index contributed by atoms with van der Waals surface area (Å²) in [5, 5.41) is 0. The molecule has 1 aromatic heterocycles. The van der Waals surface area contributed by atoms with E-state index in [1.807, 2.05) is 0 Å². The Bertz CT molecular complexity index is 1710. The van der Waals surface area contributed by atoms with Gasteiger partial charge in [-0.3, -0.25) is 0 Å². The molecule has 0 saturated carbocycles. The highest BCUT2D eigenvalue weighted by Crippen LogP contribution is 2.21. The van der Waals surface area contributed by atoms with Crippen LogP contribution in [-0.4, -0.2) is 13.4 Å². The van der Waals surface area contributed by atoms with E-state index >= 15 is 0 Å². The molecule has 2 heterocycles. The summed E-state index contributed by atoms with van der Waals surface area (Å²) < 4.78 is 2.28. The first-order valence-corrected chi connectivity index (χ1v) is 14.1. The highest BCUT2D eigenvalue weighted by atomic mass is 14.9. The van der Waals surface area contributed by atoms with Crippen molar-refractivity contribution in [1.29, 1.82) is 0 Å². The third-order valence-electron chi connectivity index (χ3n) is 8.89. The molecule has 1 aliphatic heterocycles. The summed E-state index contributed by atoms with van der Waals surface area (Å²) in [5.41, 5.74) is 19.2. The molecular weight excluding hydrogens is 468 g/mol. The summed E-state index contributed by atoms with van der Waals surface area (Å²) in [6.07, 6.45) is 2.23. The SMILES string of the molecule is Cc1ccc(-c2cc3c(cc2C)B(c2c(C)cccc2C)c2ccccc2B3c2c(C)cccc2C)[n+](C)c1. The molecule has 1 aliphatic rings. The fourth-order valence-electron chi connectivity index (χ4n) is 7.11. The zero-order valence-corrected chi connectivity index (χ0v) is 24.3. The van der Waals surface area contributed by atoms with Gasteiger partial charge in [-0.05, 0) is 53.2 Å². The number of fused-ring (bicyclic) bond motifs is 2. The second-order valence-corrected chi connectivity index (χ2v) is 11.6. The summed E-state index contributed by atoms with van der Waals surface area (Å²) in [6, 6.07) is 32.2. The Balaban J connectivity index is 1.73. The second kappa shape index (κ2) is 9.72. The van der Waals surface area contributed by atoms with Gasteiger partial charge in [0.2, 0.25) is 19.1 Å². The molecule has 0 unspecified atom stereocenters. The molecule has 4 aromatic carbocycles. The van der Waals surface area contributed by atoms with Crippen molar-refractivity contribution < 1.29 is 4.57 Å². The van der Waals surface area contributed by atoms with E-state index in [4.69, 9.17) is 0 Å². The Labute approximate surface area is 234 Å². The fraction of sp³-hybridized carbons (Fsp3) is 0.194. The van der Waals surface area contributed by atoms with Crippen molar-refractivity contribution in [2.75, 3.05) is 0 Å². The van der Waals surface area contributed by atoms with Crippen LogP contribution in [0.2, 0.25) is 0 Å². The van der Waals surface area contributed by atoms with Gasteiger partial charge >= 0.3 is 0 Å². The van der Waals surface area contributed by atoms with Crippen LogP contribution < -0.4 is 37.3 Å². The summed E-state index contributed by atoms with van der Waals surface area (Å²) in [6.45, 7) is 13.9. The van der Waals surface area contributed by atoms with E-state index < -0.39 is 0 Å². The van der Waals surface area contributed by atoms with E-state index in [-0.39, 0.29) is 13.4 Å². The number of aryl methyl sites for hydroxylation is 7. The molecule has 190 valence electrons. The van der Waals surface area contributed by atoms with Gasteiger partial charge < -0.3 is 0 Å². The Morgan fingerprint density at radius 1 is 0.487 bits per heavy atom. The maximum atomic E-state index is 2.52. The zero-order valence-electron chi connectivity index (χ0n) is 24.3. The van der Waals surface area contributed by atoms with Crippen molar-refractivity contribution in [3.63, 3.8) is 0 Å². The molecule has 0 N–H and O–H groups in total. The smallest absolute Gasteiger partial charge is 0.201 e. The van der Waals surface area contributed by atoms with Gasteiger partial charge in [0.1, 0.15) is 7.05 Å². The van der Waals surface area contributed by atoms with Crippen molar-refractivity contribution in [3.05, 3.63) is 125 Å². The van der Waals surface area contributed by atoms with Gasteiger partial charge in [0.25, 0.3) is 0 Å². The number of benzene rings is 4. The van der Waals surface area contributed by atoms with Crippen LogP contribution in [-0.2, 0) is 7.05 Å². The fourth-order valence-corrected chi connectivity index (χ4v) is 7.11. The monoisotopic (exact) mass is 504 g/mol. The number of aromatic nitrogens is 1. The molecular formula is C36H36B2N+. The molecule has 0 atom stereocenters. The first-order valence-electron chi connectivity index (χ1n) is 14.1. The number of pyridine rings is 1. The Morgan fingerprint density at radius 2 is 0.974 bits per heavy atom. The molecule has 5 aromatic rings. The zero-order chi connectivity index (χ0) is 27.4. The minimum absolute atomic E-state index is 0.188. The van der Waals surface area contributed by atoms with E-state index in [0.29, 0.717) is 0 Å². The number of hydrogen-bond acceptors (Lipinski definition) is 0. The molecule has 6 rings (SSSR count). The Morgan fingerprint density at radius 3 is 1.46 bits per heavy atom. The molecule has 0 fully saturated rings. The molecule has 1 nitrogen and oxygen atoms in total. The lowest BCUT2D eigenvalue weighted by atomic mass is 9.20. The topological polar surface area (TPSA) is 3.88 Å². The summed E-state index contributed by atoms with van der Waals surface area (Å²) in [4.78, 5) is 0.